The first-order valence-electron chi connectivity index (χ1n) is 22.5. The molecule has 2 atom stereocenters. The van der Waals surface area contributed by atoms with Gasteiger partial charge >= 0.3 is 19.8 Å². The van der Waals surface area contributed by atoms with Crippen LogP contribution in [0.25, 0.3) is 0 Å². The average molecular weight is 823 g/mol. The maximum atomic E-state index is 12.7. The Hall–Kier alpha value is -2.29. The Morgan fingerprint density at radius 3 is 1.51 bits per heavy atom. The van der Waals surface area contributed by atoms with Crippen LogP contribution in [0.3, 0.4) is 0 Å². The fourth-order valence-electron chi connectivity index (χ4n) is 5.76. The summed E-state index contributed by atoms with van der Waals surface area (Å²) in [4.78, 5) is 35.4. The fourth-order valence-corrected chi connectivity index (χ4v) is 6.50. The SMILES string of the molecule is CC/C=C\C/C=C\C/C=C\C/C=C\CCCCCCCCCCC(=O)OC(COC(=O)CCCCCCC/C=C\CCCCC)COP(=O)(O)OCC[N+](C)(C)C. The summed E-state index contributed by atoms with van der Waals surface area (Å²) >= 11 is 0. The molecule has 0 aromatic heterocycles. The van der Waals surface area contributed by atoms with Crippen LogP contribution in [0.5, 0.6) is 0 Å². The zero-order valence-corrected chi connectivity index (χ0v) is 38.0. The third kappa shape index (κ3) is 43.1. The van der Waals surface area contributed by atoms with Crippen molar-refractivity contribution in [3.63, 3.8) is 0 Å². The Morgan fingerprint density at radius 1 is 0.561 bits per heavy atom. The lowest BCUT2D eigenvalue weighted by Crippen LogP contribution is -2.37. The lowest BCUT2D eigenvalue weighted by atomic mass is 10.1. The molecule has 0 aliphatic rings. The number of esters is 2. The van der Waals surface area contributed by atoms with Gasteiger partial charge in [0.05, 0.1) is 27.7 Å². The van der Waals surface area contributed by atoms with Gasteiger partial charge in [0.1, 0.15) is 19.8 Å². The summed E-state index contributed by atoms with van der Waals surface area (Å²) in [7, 11) is 1.46. The summed E-state index contributed by atoms with van der Waals surface area (Å²) in [6.07, 6.45) is 46.9. The molecule has 1 N–H and O–H groups in total. The van der Waals surface area contributed by atoms with E-state index in [4.69, 9.17) is 18.5 Å². The van der Waals surface area contributed by atoms with Gasteiger partial charge in [-0.15, -0.1) is 0 Å². The zero-order chi connectivity index (χ0) is 42.1. The van der Waals surface area contributed by atoms with Crippen molar-refractivity contribution in [2.45, 2.75) is 180 Å². The summed E-state index contributed by atoms with van der Waals surface area (Å²) in [6.45, 7) is 4.25. The maximum absolute atomic E-state index is 12.7. The van der Waals surface area contributed by atoms with Gasteiger partial charge in [-0.1, -0.05) is 145 Å². The van der Waals surface area contributed by atoms with Gasteiger partial charge in [-0.05, 0) is 77.0 Å². The summed E-state index contributed by atoms with van der Waals surface area (Å²) in [5.41, 5.74) is 0. The predicted octanol–water partition coefficient (Wildman–Crippen LogP) is 12.9. The van der Waals surface area contributed by atoms with E-state index in [2.05, 4.69) is 74.6 Å². The van der Waals surface area contributed by atoms with Crippen molar-refractivity contribution in [3.8, 4) is 0 Å². The largest absolute Gasteiger partial charge is 0.472 e. The molecule has 0 aromatic rings. The second-order valence-corrected chi connectivity index (χ2v) is 17.5. The van der Waals surface area contributed by atoms with Gasteiger partial charge < -0.3 is 18.9 Å². The van der Waals surface area contributed by atoms with Crippen LogP contribution in [0.4, 0.5) is 0 Å². The van der Waals surface area contributed by atoms with Gasteiger partial charge in [-0.3, -0.25) is 18.6 Å². The second-order valence-electron chi connectivity index (χ2n) is 16.0. The molecular weight excluding hydrogens is 737 g/mol. The molecule has 0 aliphatic heterocycles. The maximum Gasteiger partial charge on any atom is 0.472 e. The van der Waals surface area contributed by atoms with Crippen molar-refractivity contribution in [2.75, 3.05) is 47.5 Å². The number of unbranched alkanes of at least 4 members (excludes halogenated alkanes) is 16. The summed E-state index contributed by atoms with van der Waals surface area (Å²) < 4.78 is 34.3. The predicted molar refractivity (Wildman–Crippen MR) is 238 cm³/mol. The van der Waals surface area contributed by atoms with E-state index in [1.807, 2.05) is 21.1 Å². The van der Waals surface area contributed by atoms with Gasteiger partial charge in [0.25, 0.3) is 0 Å². The van der Waals surface area contributed by atoms with Gasteiger partial charge in [0, 0.05) is 12.8 Å². The van der Waals surface area contributed by atoms with Gasteiger partial charge in [0.15, 0.2) is 6.10 Å². The molecule has 57 heavy (non-hydrogen) atoms. The number of phosphoric acid groups is 1. The Balaban J connectivity index is 4.34. The third-order valence-electron chi connectivity index (χ3n) is 9.28. The Bertz CT molecular complexity index is 1160. The van der Waals surface area contributed by atoms with E-state index in [9.17, 15) is 19.0 Å². The Morgan fingerprint density at radius 2 is 1.00 bits per heavy atom. The highest BCUT2D eigenvalue weighted by Crippen LogP contribution is 2.43. The topological polar surface area (TPSA) is 108 Å². The number of hydrogen-bond acceptors (Lipinski definition) is 7. The van der Waals surface area contributed by atoms with Crippen LogP contribution < -0.4 is 0 Å². The molecule has 2 unspecified atom stereocenters. The zero-order valence-electron chi connectivity index (χ0n) is 37.1. The fraction of sp³-hybridized carbons (Fsp3) is 0.745. The number of likely N-dealkylation sites (N-methyl/N-ethyl adjacent to an activating group) is 1. The quantitative estimate of drug-likeness (QED) is 0.0214. The minimum Gasteiger partial charge on any atom is -0.462 e. The number of nitrogens with zero attached hydrogens (tertiary/aromatic N) is 1. The Labute approximate surface area is 349 Å². The van der Waals surface area contributed by atoms with Crippen molar-refractivity contribution in [1.82, 2.24) is 0 Å². The first-order chi connectivity index (χ1) is 27.5. The smallest absolute Gasteiger partial charge is 0.462 e. The van der Waals surface area contributed by atoms with E-state index in [-0.39, 0.29) is 32.0 Å². The van der Waals surface area contributed by atoms with Gasteiger partial charge in [-0.2, -0.15) is 0 Å². The second kappa shape index (κ2) is 39.2. The molecule has 0 spiro atoms. The van der Waals surface area contributed by atoms with Crippen LogP contribution in [0, 0.1) is 0 Å². The minimum absolute atomic E-state index is 0.0263. The van der Waals surface area contributed by atoms with E-state index in [1.54, 1.807) is 0 Å². The monoisotopic (exact) mass is 823 g/mol. The van der Waals surface area contributed by atoms with Crippen LogP contribution in [-0.4, -0.2) is 74.9 Å². The molecule has 0 heterocycles. The van der Waals surface area contributed by atoms with Gasteiger partial charge in [-0.25, -0.2) is 4.57 Å². The molecule has 0 amide bonds. The number of phosphoric ester groups is 1. The number of rotatable bonds is 40. The standard InChI is InChI=1S/C47H84NO8P/c1-6-8-10-12-14-16-18-20-21-22-23-24-25-26-27-28-30-32-34-36-38-40-47(50)56-45(44-55-57(51,52)54-42-41-48(3,4)5)43-53-46(49)39-37-35-33-31-29-19-17-15-13-11-9-7-2/h8,10,14-17,20-21,23-24,45H,6-7,9,11-13,18-19,22,25-44H2,1-5H3/p+1/b10-8-,16-14-,17-15-,21-20-,24-23-. The first-order valence-corrected chi connectivity index (χ1v) is 24.0. The lowest BCUT2D eigenvalue weighted by Gasteiger charge is -2.24. The van der Waals surface area contributed by atoms with Crippen molar-refractivity contribution in [2.24, 2.45) is 0 Å². The number of ether oxygens (including phenoxy) is 2. The molecule has 0 rings (SSSR count). The third-order valence-corrected chi connectivity index (χ3v) is 10.3. The van der Waals surface area contributed by atoms with Gasteiger partial charge in [0.2, 0.25) is 0 Å². The molecule has 330 valence electrons. The molecule has 0 fully saturated rings. The summed E-state index contributed by atoms with van der Waals surface area (Å²) in [6, 6.07) is 0. The molecule has 0 radical (unpaired) electrons. The molecule has 10 heteroatoms. The van der Waals surface area contributed by atoms with Crippen molar-refractivity contribution < 1.29 is 42.1 Å². The van der Waals surface area contributed by atoms with Crippen LogP contribution in [0.1, 0.15) is 174 Å². The van der Waals surface area contributed by atoms with E-state index >= 15 is 0 Å². The molecule has 0 bridgehead atoms. The van der Waals surface area contributed by atoms with E-state index in [0.29, 0.717) is 17.4 Å². The highest BCUT2D eigenvalue weighted by molar-refractivity contribution is 7.47. The number of quaternary nitrogens is 1. The number of allylic oxidation sites excluding steroid dienone is 10. The van der Waals surface area contributed by atoms with Crippen LogP contribution >= 0.6 is 7.82 Å². The summed E-state index contributed by atoms with van der Waals surface area (Å²) in [5, 5.41) is 0. The van der Waals surface area contributed by atoms with E-state index in [0.717, 1.165) is 89.9 Å². The minimum atomic E-state index is -4.38. The Kier molecular flexibility index (Phi) is 37.6. The van der Waals surface area contributed by atoms with E-state index in [1.165, 1.54) is 51.4 Å². The number of carbonyl (C=O) groups excluding carboxylic acids is 2. The normalized spacial score (nSPS) is 14.1. The molecule has 0 saturated heterocycles. The first kappa shape index (κ1) is 54.7. The number of carbonyl (C=O) groups is 2. The molecular formula is C47H85NO8P+. The molecule has 0 aromatic carbocycles. The lowest BCUT2D eigenvalue weighted by molar-refractivity contribution is -0.870. The van der Waals surface area contributed by atoms with Crippen molar-refractivity contribution in [1.29, 1.82) is 0 Å². The summed E-state index contributed by atoms with van der Waals surface area (Å²) in [5.74, 6) is -0.822. The van der Waals surface area contributed by atoms with E-state index < -0.39 is 26.5 Å². The molecule has 0 saturated carbocycles. The van der Waals surface area contributed by atoms with Crippen LogP contribution in [-0.2, 0) is 32.7 Å². The van der Waals surface area contributed by atoms with Crippen LogP contribution in [0.2, 0.25) is 0 Å². The molecule has 0 aliphatic carbocycles. The van der Waals surface area contributed by atoms with Crippen LogP contribution in [0.15, 0.2) is 60.8 Å². The molecule has 9 nitrogen and oxygen atoms in total. The highest BCUT2D eigenvalue weighted by atomic mass is 31.2. The number of hydrogen-bond donors (Lipinski definition) is 1. The highest BCUT2D eigenvalue weighted by Gasteiger charge is 2.27. The average Bonchev–Trinajstić information content (AvgIpc) is 3.16. The van der Waals surface area contributed by atoms with Crippen molar-refractivity contribution >= 4 is 19.8 Å². The van der Waals surface area contributed by atoms with Crippen molar-refractivity contribution in [3.05, 3.63) is 60.8 Å².